The second kappa shape index (κ2) is 7.23. The van der Waals surface area contributed by atoms with Crippen LogP contribution in [0.4, 0.5) is 0 Å². The summed E-state index contributed by atoms with van der Waals surface area (Å²) in [6.45, 7) is 11.4. The normalized spacial score (nSPS) is 12.5. The Bertz CT molecular complexity index is 1410. The molecule has 0 bridgehead atoms. The van der Waals surface area contributed by atoms with E-state index in [9.17, 15) is 0 Å². The van der Waals surface area contributed by atoms with Gasteiger partial charge in [-0.1, -0.05) is 77.1 Å². The summed E-state index contributed by atoms with van der Waals surface area (Å²) in [6.07, 6.45) is 3.08. The van der Waals surface area contributed by atoms with Crippen LogP contribution < -0.4 is 0 Å². The van der Waals surface area contributed by atoms with E-state index in [0.29, 0.717) is 5.92 Å². The molecule has 0 fully saturated rings. The SMILES string of the molecule is CC(C)Cc1ccc2ccc3cnc(-c4cc(C(C)(C)C)c5ccccc5c4)n3c2c1. The number of nitrogens with zero attached hydrogens (tertiary/aromatic N) is 2. The molecule has 0 aliphatic rings. The van der Waals surface area contributed by atoms with Crippen molar-refractivity contribution < 1.29 is 0 Å². The van der Waals surface area contributed by atoms with Gasteiger partial charge in [-0.05, 0) is 69.3 Å². The molecule has 0 aliphatic carbocycles. The lowest BCUT2D eigenvalue weighted by molar-refractivity contribution is 0.596. The molecule has 5 rings (SSSR count). The molecule has 0 amide bonds. The van der Waals surface area contributed by atoms with Crippen molar-refractivity contribution >= 4 is 27.2 Å². The quantitative estimate of drug-likeness (QED) is 0.299. The van der Waals surface area contributed by atoms with E-state index in [-0.39, 0.29) is 5.41 Å². The number of hydrogen-bond donors (Lipinski definition) is 0. The van der Waals surface area contributed by atoms with Crippen molar-refractivity contribution in [3.8, 4) is 11.4 Å². The predicted molar refractivity (Wildman–Crippen MR) is 133 cm³/mol. The fraction of sp³-hybridized carbons (Fsp3) is 0.276. The zero-order chi connectivity index (χ0) is 21.8. The number of fused-ring (bicyclic) bond motifs is 4. The molecule has 2 heteroatoms. The van der Waals surface area contributed by atoms with Crippen LogP contribution in [0, 0.1) is 5.92 Å². The molecule has 0 saturated carbocycles. The molecule has 156 valence electrons. The highest BCUT2D eigenvalue weighted by atomic mass is 15.0. The first-order valence-corrected chi connectivity index (χ1v) is 11.2. The van der Waals surface area contributed by atoms with Crippen molar-refractivity contribution in [2.24, 2.45) is 5.92 Å². The summed E-state index contributed by atoms with van der Waals surface area (Å²) in [5.74, 6) is 1.65. The maximum Gasteiger partial charge on any atom is 0.145 e. The lowest BCUT2D eigenvalue weighted by Gasteiger charge is -2.22. The minimum absolute atomic E-state index is 0.0508. The van der Waals surface area contributed by atoms with Crippen molar-refractivity contribution in [3.05, 3.63) is 84.1 Å². The van der Waals surface area contributed by atoms with E-state index in [1.807, 2.05) is 6.20 Å². The minimum atomic E-state index is 0.0508. The van der Waals surface area contributed by atoms with Gasteiger partial charge in [0.1, 0.15) is 5.82 Å². The van der Waals surface area contributed by atoms with E-state index in [4.69, 9.17) is 4.98 Å². The Morgan fingerprint density at radius 3 is 2.42 bits per heavy atom. The highest BCUT2D eigenvalue weighted by Crippen LogP contribution is 2.35. The largest absolute Gasteiger partial charge is 0.292 e. The second-order valence-corrected chi connectivity index (χ2v) is 10.2. The van der Waals surface area contributed by atoms with Crippen molar-refractivity contribution in [2.75, 3.05) is 0 Å². The Morgan fingerprint density at radius 2 is 1.65 bits per heavy atom. The molecule has 0 atom stereocenters. The number of imidazole rings is 1. The van der Waals surface area contributed by atoms with Crippen molar-refractivity contribution in [1.82, 2.24) is 9.38 Å². The molecular formula is C29H30N2. The first kappa shape index (κ1) is 19.8. The molecule has 2 nitrogen and oxygen atoms in total. The van der Waals surface area contributed by atoms with Crippen LogP contribution in [0.1, 0.15) is 45.7 Å². The van der Waals surface area contributed by atoms with Crippen LogP contribution in [0.25, 0.3) is 38.6 Å². The van der Waals surface area contributed by atoms with Crippen molar-refractivity contribution in [1.29, 1.82) is 0 Å². The van der Waals surface area contributed by atoms with Gasteiger partial charge in [0, 0.05) is 5.56 Å². The molecule has 0 aliphatic heterocycles. The van der Waals surface area contributed by atoms with E-state index >= 15 is 0 Å². The number of benzene rings is 3. The molecule has 31 heavy (non-hydrogen) atoms. The number of aromatic nitrogens is 2. The maximum atomic E-state index is 4.90. The van der Waals surface area contributed by atoms with E-state index in [2.05, 4.69) is 106 Å². The molecule has 0 radical (unpaired) electrons. The lowest BCUT2D eigenvalue weighted by atomic mass is 9.82. The first-order chi connectivity index (χ1) is 14.8. The molecule has 2 aromatic heterocycles. The minimum Gasteiger partial charge on any atom is -0.292 e. The topological polar surface area (TPSA) is 17.3 Å². The van der Waals surface area contributed by atoms with Crippen molar-refractivity contribution in [2.45, 2.75) is 46.5 Å². The first-order valence-electron chi connectivity index (χ1n) is 11.2. The van der Waals surface area contributed by atoms with Gasteiger partial charge in [0.05, 0.1) is 17.2 Å². The fourth-order valence-corrected chi connectivity index (χ4v) is 4.70. The summed E-state index contributed by atoms with van der Waals surface area (Å²) in [7, 11) is 0. The van der Waals surface area contributed by atoms with Crippen LogP contribution in [0.15, 0.2) is 72.9 Å². The summed E-state index contributed by atoms with van der Waals surface area (Å²) in [4.78, 5) is 4.90. The Balaban J connectivity index is 1.81. The Hall–Kier alpha value is -3.13. The standard InChI is InChI=1S/C29H30N2/c1-19(2)14-20-10-11-21-12-13-24-18-30-28(31(24)27(21)15-20)23-16-22-8-6-7-9-25(22)26(17-23)29(3,4)5/h6-13,15-19H,14H2,1-5H3. The van der Waals surface area contributed by atoms with E-state index in [0.717, 1.165) is 17.8 Å². The molecule has 0 spiro atoms. The van der Waals surface area contributed by atoms with Crippen molar-refractivity contribution in [3.63, 3.8) is 0 Å². The number of pyridine rings is 1. The fourth-order valence-electron chi connectivity index (χ4n) is 4.70. The maximum absolute atomic E-state index is 4.90. The van der Waals surface area contributed by atoms with E-state index < -0.39 is 0 Å². The number of rotatable bonds is 3. The third-order valence-electron chi connectivity index (χ3n) is 6.13. The average Bonchev–Trinajstić information content (AvgIpc) is 3.16. The molecule has 5 aromatic rings. The molecular weight excluding hydrogens is 376 g/mol. The molecule has 0 unspecified atom stereocenters. The number of hydrogen-bond acceptors (Lipinski definition) is 1. The van der Waals surface area contributed by atoms with Gasteiger partial charge in [-0.25, -0.2) is 4.98 Å². The van der Waals surface area contributed by atoms with Crippen LogP contribution in [-0.4, -0.2) is 9.38 Å². The second-order valence-electron chi connectivity index (χ2n) is 10.2. The van der Waals surface area contributed by atoms with Gasteiger partial charge in [0.15, 0.2) is 0 Å². The smallest absolute Gasteiger partial charge is 0.145 e. The highest BCUT2D eigenvalue weighted by molar-refractivity contribution is 5.92. The Morgan fingerprint density at radius 1 is 0.871 bits per heavy atom. The van der Waals surface area contributed by atoms with Gasteiger partial charge in [0.25, 0.3) is 0 Å². The summed E-state index contributed by atoms with van der Waals surface area (Å²) >= 11 is 0. The highest BCUT2D eigenvalue weighted by Gasteiger charge is 2.20. The summed E-state index contributed by atoms with van der Waals surface area (Å²) in [5.41, 5.74) is 6.32. The van der Waals surface area contributed by atoms with E-state index in [1.54, 1.807) is 0 Å². The predicted octanol–water partition coefficient (Wildman–Crippen LogP) is 7.80. The van der Waals surface area contributed by atoms with Crippen LogP contribution in [-0.2, 0) is 11.8 Å². The van der Waals surface area contributed by atoms with Gasteiger partial charge in [-0.15, -0.1) is 0 Å². The van der Waals surface area contributed by atoms with Gasteiger partial charge in [0.2, 0.25) is 0 Å². The summed E-state index contributed by atoms with van der Waals surface area (Å²) in [5, 5.41) is 3.84. The van der Waals surface area contributed by atoms with Gasteiger partial charge >= 0.3 is 0 Å². The molecule has 2 heterocycles. The zero-order valence-corrected chi connectivity index (χ0v) is 19.1. The van der Waals surface area contributed by atoms with E-state index in [1.165, 1.54) is 38.4 Å². The Labute approximate surface area is 184 Å². The average molecular weight is 407 g/mol. The molecule has 0 saturated heterocycles. The molecule has 3 aromatic carbocycles. The summed E-state index contributed by atoms with van der Waals surface area (Å²) < 4.78 is 2.33. The summed E-state index contributed by atoms with van der Waals surface area (Å²) in [6, 6.07) is 24.6. The van der Waals surface area contributed by atoms with Gasteiger partial charge in [-0.2, -0.15) is 0 Å². The Kier molecular flexibility index (Phi) is 4.62. The van der Waals surface area contributed by atoms with Crippen LogP contribution in [0.5, 0.6) is 0 Å². The molecule has 0 N–H and O–H groups in total. The lowest BCUT2D eigenvalue weighted by Crippen LogP contribution is -2.12. The zero-order valence-electron chi connectivity index (χ0n) is 19.1. The van der Waals surface area contributed by atoms with Crippen LogP contribution in [0.2, 0.25) is 0 Å². The monoisotopic (exact) mass is 406 g/mol. The third kappa shape index (κ3) is 3.50. The van der Waals surface area contributed by atoms with Crippen LogP contribution >= 0.6 is 0 Å². The van der Waals surface area contributed by atoms with Crippen LogP contribution in [0.3, 0.4) is 0 Å². The van der Waals surface area contributed by atoms with Gasteiger partial charge < -0.3 is 0 Å². The third-order valence-corrected chi connectivity index (χ3v) is 6.13. The van der Waals surface area contributed by atoms with Gasteiger partial charge in [-0.3, -0.25) is 4.40 Å².